The van der Waals surface area contributed by atoms with E-state index in [1.54, 1.807) is 13.8 Å². The molecule has 0 saturated carbocycles. The Morgan fingerprint density at radius 1 is 1.00 bits per heavy atom. The molecule has 0 aliphatic rings. The van der Waals surface area contributed by atoms with E-state index < -0.39 is 0 Å². The Balaban J connectivity index is 2.41. The minimum atomic E-state index is -0.299. The maximum absolute atomic E-state index is 13.3. The first-order valence-corrected chi connectivity index (χ1v) is 6.81. The Morgan fingerprint density at radius 2 is 1.50 bits per heavy atom. The predicted molar refractivity (Wildman–Crippen MR) is 79.8 cm³/mol. The fraction of sp³-hybridized carbons (Fsp3) is 0.278. The molecule has 0 heterocycles. The zero-order valence-corrected chi connectivity index (χ0v) is 12.3. The van der Waals surface area contributed by atoms with Crippen LogP contribution in [0.4, 0.5) is 4.39 Å². The third kappa shape index (κ3) is 2.79. The lowest BCUT2D eigenvalue weighted by Crippen LogP contribution is -2.07. The van der Waals surface area contributed by atoms with Crippen molar-refractivity contribution in [2.75, 3.05) is 0 Å². The lowest BCUT2D eigenvalue weighted by Gasteiger charge is -2.10. The van der Waals surface area contributed by atoms with Crippen LogP contribution in [0.1, 0.15) is 52.4 Å². The molecule has 0 aliphatic heterocycles. The number of halogens is 1. The van der Waals surface area contributed by atoms with Crippen LogP contribution in [0.5, 0.6) is 0 Å². The average molecular weight is 270 g/mol. The summed E-state index contributed by atoms with van der Waals surface area (Å²) < 4.78 is 13.3. The van der Waals surface area contributed by atoms with E-state index in [4.69, 9.17) is 0 Å². The van der Waals surface area contributed by atoms with Crippen LogP contribution >= 0.6 is 0 Å². The van der Waals surface area contributed by atoms with E-state index in [9.17, 15) is 9.18 Å². The molecule has 20 heavy (non-hydrogen) atoms. The second kappa shape index (κ2) is 5.58. The van der Waals surface area contributed by atoms with Crippen molar-refractivity contribution in [2.24, 2.45) is 0 Å². The van der Waals surface area contributed by atoms with Crippen molar-refractivity contribution < 1.29 is 9.18 Å². The SMILES string of the molecule is Cc1cc(F)cc(C)c1C(=O)c1ccc(C(C)C)cc1. The molecule has 1 nitrogen and oxygen atoms in total. The normalized spacial score (nSPS) is 10.9. The number of aryl methyl sites for hydroxylation is 2. The smallest absolute Gasteiger partial charge is 0.193 e. The second-order valence-corrected chi connectivity index (χ2v) is 5.52. The molecule has 0 aliphatic carbocycles. The van der Waals surface area contributed by atoms with Crippen molar-refractivity contribution in [3.63, 3.8) is 0 Å². The van der Waals surface area contributed by atoms with Crippen molar-refractivity contribution in [3.05, 3.63) is 70.0 Å². The minimum Gasteiger partial charge on any atom is -0.289 e. The monoisotopic (exact) mass is 270 g/mol. The van der Waals surface area contributed by atoms with Crippen LogP contribution in [-0.4, -0.2) is 5.78 Å². The van der Waals surface area contributed by atoms with Crippen molar-refractivity contribution >= 4 is 5.78 Å². The van der Waals surface area contributed by atoms with E-state index in [1.165, 1.54) is 17.7 Å². The number of carbonyl (C=O) groups is 1. The van der Waals surface area contributed by atoms with Gasteiger partial charge in [-0.05, 0) is 48.6 Å². The van der Waals surface area contributed by atoms with E-state index in [1.807, 2.05) is 24.3 Å². The standard InChI is InChI=1S/C18H19FO/c1-11(2)14-5-7-15(8-6-14)18(20)17-12(3)9-16(19)10-13(17)4/h5-11H,1-4H3. The van der Waals surface area contributed by atoms with Gasteiger partial charge in [-0.3, -0.25) is 4.79 Å². The van der Waals surface area contributed by atoms with E-state index in [2.05, 4.69) is 13.8 Å². The van der Waals surface area contributed by atoms with Gasteiger partial charge >= 0.3 is 0 Å². The largest absolute Gasteiger partial charge is 0.289 e. The van der Waals surface area contributed by atoms with E-state index >= 15 is 0 Å². The fourth-order valence-electron chi connectivity index (χ4n) is 2.43. The van der Waals surface area contributed by atoms with Gasteiger partial charge in [0.1, 0.15) is 5.82 Å². The van der Waals surface area contributed by atoms with Crippen molar-refractivity contribution in [1.29, 1.82) is 0 Å². The van der Waals surface area contributed by atoms with Crippen molar-refractivity contribution in [1.82, 2.24) is 0 Å². The molecule has 0 aromatic heterocycles. The first-order chi connectivity index (χ1) is 9.40. The maximum Gasteiger partial charge on any atom is 0.193 e. The maximum atomic E-state index is 13.3. The first kappa shape index (κ1) is 14.4. The predicted octanol–water partition coefficient (Wildman–Crippen LogP) is 4.80. The summed E-state index contributed by atoms with van der Waals surface area (Å²) in [5.74, 6) is 0.0930. The molecule has 2 aromatic rings. The van der Waals surface area contributed by atoms with Gasteiger partial charge in [0.2, 0.25) is 0 Å². The summed E-state index contributed by atoms with van der Waals surface area (Å²) in [5, 5.41) is 0. The minimum absolute atomic E-state index is 0.0460. The lowest BCUT2D eigenvalue weighted by atomic mass is 9.93. The van der Waals surface area contributed by atoms with Crippen LogP contribution < -0.4 is 0 Å². The van der Waals surface area contributed by atoms with Gasteiger partial charge in [-0.15, -0.1) is 0 Å². The Labute approximate surface area is 119 Å². The number of hydrogen-bond donors (Lipinski definition) is 0. The Bertz CT molecular complexity index is 616. The molecule has 2 aromatic carbocycles. The van der Waals surface area contributed by atoms with Gasteiger partial charge in [-0.1, -0.05) is 38.1 Å². The highest BCUT2D eigenvalue weighted by molar-refractivity contribution is 6.10. The highest BCUT2D eigenvalue weighted by atomic mass is 19.1. The summed E-state index contributed by atoms with van der Waals surface area (Å²) >= 11 is 0. The fourth-order valence-corrected chi connectivity index (χ4v) is 2.43. The molecule has 0 fully saturated rings. The first-order valence-electron chi connectivity index (χ1n) is 6.81. The van der Waals surface area contributed by atoms with Gasteiger partial charge in [-0.25, -0.2) is 4.39 Å². The molecule has 0 N–H and O–H groups in total. The lowest BCUT2D eigenvalue weighted by molar-refractivity contribution is 0.103. The molecular weight excluding hydrogens is 251 g/mol. The summed E-state index contributed by atoms with van der Waals surface area (Å²) in [6.45, 7) is 7.77. The zero-order chi connectivity index (χ0) is 14.9. The third-order valence-corrected chi connectivity index (χ3v) is 3.56. The summed E-state index contributed by atoms with van der Waals surface area (Å²) in [6, 6.07) is 10.5. The molecule has 2 rings (SSSR count). The number of rotatable bonds is 3. The van der Waals surface area contributed by atoms with Gasteiger partial charge in [0, 0.05) is 11.1 Å². The zero-order valence-electron chi connectivity index (χ0n) is 12.3. The summed E-state index contributed by atoms with van der Waals surface area (Å²) in [5.41, 5.74) is 3.81. The van der Waals surface area contributed by atoms with Crippen LogP contribution in [0.25, 0.3) is 0 Å². The summed E-state index contributed by atoms with van der Waals surface area (Å²) in [4.78, 5) is 12.6. The van der Waals surface area contributed by atoms with Gasteiger partial charge in [0.25, 0.3) is 0 Å². The van der Waals surface area contributed by atoms with Gasteiger partial charge in [-0.2, -0.15) is 0 Å². The van der Waals surface area contributed by atoms with Crippen LogP contribution in [0.2, 0.25) is 0 Å². The number of ketones is 1. The average Bonchev–Trinajstić information content (AvgIpc) is 2.37. The summed E-state index contributed by atoms with van der Waals surface area (Å²) in [6.07, 6.45) is 0. The van der Waals surface area contributed by atoms with Crippen LogP contribution in [0, 0.1) is 19.7 Å². The molecule has 0 saturated heterocycles. The second-order valence-electron chi connectivity index (χ2n) is 5.52. The molecule has 2 heteroatoms. The Kier molecular flexibility index (Phi) is 4.03. The molecule has 0 bridgehead atoms. The quantitative estimate of drug-likeness (QED) is 0.732. The van der Waals surface area contributed by atoms with Gasteiger partial charge in [0.05, 0.1) is 0 Å². The van der Waals surface area contributed by atoms with Crippen molar-refractivity contribution in [3.8, 4) is 0 Å². The van der Waals surface area contributed by atoms with E-state index in [0.717, 1.165) is 0 Å². The highest BCUT2D eigenvalue weighted by Crippen LogP contribution is 2.21. The Hall–Kier alpha value is -1.96. The molecular formula is C18H19FO. The van der Waals surface area contributed by atoms with Gasteiger partial charge in [0.15, 0.2) is 5.78 Å². The van der Waals surface area contributed by atoms with Crippen LogP contribution in [0.3, 0.4) is 0 Å². The van der Waals surface area contributed by atoms with E-state index in [-0.39, 0.29) is 11.6 Å². The molecule has 104 valence electrons. The molecule has 0 amide bonds. The number of hydrogen-bond acceptors (Lipinski definition) is 1. The van der Waals surface area contributed by atoms with Gasteiger partial charge < -0.3 is 0 Å². The molecule has 0 spiro atoms. The van der Waals surface area contributed by atoms with Crippen molar-refractivity contribution in [2.45, 2.75) is 33.6 Å². The summed E-state index contributed by atoms with van der Waals surface area (Å²) in [7, 11) is 0. The van der Waals surface area contributed by atoms with Crippen LogP contribution in [-0.2, 0) is 0 Å². The molecule has 0 unspecified atom stereocenters. The van der Waals surface area contributed by atoms with E-state index in [0.29, 0.717) is 28.2 Å². The number of carbonyl (C=O) groups excluding carboxylic acids is 1. The number of benzene rings is 2. The Morgan fingerprint density at radius 3 is 1.95 bits per heavy atom. The molecule has 0 atom stereocenters. The van der Waals surface area contributed by atoms with Crippen LogP contribution in [0.15, 0.2) is 36.4 Å². The third-order valence-electron chi connectivity index (χ3n) is 3.56. The topological polar surface area (TPSA) is 17.1 Å². The highest BCUT2D eigenvalue weighted by Gasteiger charge is 2.15. The molecule has 0 radical (unpaired) electrons.